The fourth-order valence-corrected chi connectivity index (χ4v) is 3.17. The number of carbonyl (C=O) groups is 1. The van der Waals surface area contributed by atoms with E-state index in [1.54, 1.807) is 0 Å². The zero-order chi connectivity index (χ0) is 14.0. The zero-order valence-corrected chi connectivity index (χ0v) is 12.1. The van der Waals surface area contributed by atoms with Gasteiger partial charge in [0, 0.05) is 19.8 Å². The third-order valence-corrected chi connectivity index (χ3v) is 4.36. The van der Waals surface area contributed by atoms with Crippen LogP contribution in [-0.4, -0.2) is 25.2 Å². The quantitative estimate of drug-likeness (QED) is 0.907. The molecule has 1 aromatic carbocycles. The summed E-state index contributed by atoms with van der Waals surface area (Å²) in [5.41, 5.74) is 2.60. The van der Waals surface area contributed by atoms with Crippen LogP contribution in [0.25, 0.3) is 0 Å². The Labute approximate surface area is 115 Å². The number of aryl methyl sites for hydroxylation is 1. The standard InChI is InChI=1S/C16H23NO2/c1-12-7-8-13(11-14(12)17(2)3)16(15(18)19)9-5-4-6-10-16/h7-8,11H,4-6,9-10H2,1-3H3,(H,18,19). The van der Waals surface area contributed by atoms with Crippen LogP contribution < -0.4 is 4.90 Å². The van der Waals surface area contributed by atoms with Crippen molar-refractivity contribution in [1.29, 1.82) is 0 Å². The van der Waals surface area contributed by atoms with E-state index in [4.69, 9.17) is 0 Å². The van der Waals surface area contributed by atoms with Gasteiger partial charge in [0.1, 0.15) is 0 Å². The summed E-state index contributed by atoms with van der Waals surface area (Å²) in [5.74, 6) is -0.666. The second-order valence-corrected chi connectivity index (χ2v) is 5.84. The predicted octanol–water partition coefficient (Wildman–Crippen LogP) is 3.35. The van der Waals surface area contributed by atoms with Gasteiger partial charge in [-0.2, -0.15) is 0 Å². The van der Waals surface area contributed by atoms with E-state index in [2.05, 4.69) is 17.9 Å². The van der Waals surface area contributed by atoms with Crippen molar-refractivity contribution < 1.29 is 9.90 Å². The number of benzene rings is 1. The summed E-state index contributed by atoms with van der Waals surface area (Å²) < 4.78 is 0. The Bertz CT molecular complexity index is 474. The molecule has 1 fully saturated rings. The maximum atomic E-state index is 11.8. The predicted molar refractivity (Wildman–Crippen MR) is 77.9 cm³/mol. The fraction of sp³-hybridized carbons (Fsp3) is 0.562. The van der Waals surface area contributed by atoms with Crippen LogP contribution in [0.3, 0.4) is 0 Å². The van der Waals surface area contributed by atoms with E-state index in [1.807, 2.05) is 26.2 Å². The van der Waals surface area contributed by atoms with Gasteiger partial charge in [0.2, 0.25) is 0 Å². The van der Waals surface area contributed by atoms with Gasteiger partial charge in [-0.15, -0.1) is 0 Å². The van der Waals surface area contributed by atoms with Gasteiger partial charge in [-0.3, -0.25) is 4.79 Å². The highest BCUT2D eigenvalue weighted by atomic mass is 16.4. The molecule has 0 aliphatic heterocycles. The zero-order valence-electron chi connectivity index (χ0n) is 12.1. The number of anilines is 1. The number of hydrogen-bond acceptors (Lipinski definition) is 2. The van der Waals surface area contributed by atoms with Crippen molar-refractivity contribution in [3.63, 3.8) is 0 Å². The van der Waals surface area contributed by atoms with Crippen LogP contribution in [0.4, 0.5) is 5.69 Å². The first-order valence-electron chi connectivity index (χ1n) is 6.99. The maximum Gasteiger partial charge on any atom is 0.314 e. The maximum absolute atomic E-state index is 11.8. The number of nitrogens with zero attached hydrogens (tertiary/aromatic N) is 1. The minimum atomic E-state index is -0.670. The number of hydrogen-bond donors (Lipinski definition) is 1. The molecule has 0 atom stereocenters. The lowest BCUT2D eigenvalue weighted by Gasteiger charge is -2.34. The number of rotatable bonds is 3. The van der Waals surface area contributed by atoms with E-state index in [0.29, 0.717) is 0 Å². The van der Waals surface area contributed by atoms with Crippen molar-refractivity contribution >= 4 is 11.7 Å². The second-order valence-electron chi connectivity index (χ2n) is 5.84. The van der Waals surface area contributed by atoms with E-state index >= 15 is 0 Å². The van der Waals surface area contributed by atoms with Crippen LogP contribution >= 0.6 is 0 Å². The Morgan fingerprint density at radius 2 is 1.84 bits per heavy atom. The molecule has 1 N–H and O–H groups in total. The second kappa shape index (κ2) is 5.24. The summed E-state index contributed by atoms with van der Waals surface area (Å²) in [6.45, 7) is 2.06. The van der Waals surface area contributed by atoms with Gasteiger partial charge < -0.3 is 10.0 Å². The summed E-state index contributed by atoms with van der Waals surface area (Å²) in [7, 11) is 4.00. The molecule has 0 radical (unpaired) electrons. The SMILES string of the molecule is Cc1ccc(C2(C(=O)O)CCCCC2)cc1N(C)C. The lowest BCUT2D eigenvalue weighted by molar-refractivity contribution is -0.145. The molecule has 0 spiro atoms. The monoisotopic (exact) mass is 261 g/mol. The first-order valence-corrected chi connectivity index (χ1v) is 6.99. The molecule has 19 heavy (non-hydrogen) atoms. The van der Waals surface area contributed by atoms with Crippen molar-refractivity contribution in [2.75, 3.05) is 19.0 Å². The van der Waals surface area contributed by atoms with Gasteiger partial charge >= 0.3 is 5.97 Å². The molecule has 0 aromatic heterocycles. The molecule has 0 amide bonds. The molecular formula is C16H23NO2. The molecule has 1 saturated carbocycles. The van der Waals surface area contributed by atoms with Crippen LogP contribution in [0, 0.1) is 6.92 Å². The minimum Gasteiger partial charge on any atom is -0.481 e. The largest absolute Gasteiger partial charge is 0.481 e. The first kappa shape index (κ1) is 13.9. The molecule has 0 bridgehead atoms. The van der Waals surface area contributed by atoms with Crippen molar-refractivity contribution in [3.8, 4) is 0 Å². The third-order valence-electron chi connectivity index (χ3n) is 4.36. The highest BCUT2D eigenvalue weighted by Crippen LogP contribution is 2.41. The molecular weight excluding hydrogens is 238 g/mol. The van der Waals surface area contributed by atoms with Gasteiger partial charge in [-0.1, -0.05) is 31.4 Å². The van der Waals surface area contributed by atoms with E-state index in [1.165, 1.54) is 5.56 Å². The van der Waals surface area contributed by atoms with Crippen LogP contribution in [0.1, 0.15) is 43.2 Å². The summed E-state index contributed by atoms with van der Waals surface area (Å²) >= 11 is 0. The normalized spacial score (nSPS) is 18.1. The van der Waals surface area contributed by atoms with E-state index in [0.717, 1.165) is 43.4 Å². The molecule has 104 valence electrons. The van der Waals surface area contributed by atoms with Crippen LogP contribution in [-0.2, 0) is 10.2 Å². The molecule has 2 rings (SSSR count). The molecule has 0 saturated heterocycles. The van der Waals surface area contributed by atoms with Crippen LogP contribution in [0.5, 0.6) is 0 Å². The molecule has 0 unspecified atom stereocenters. The molecule has 1 aliphatic rings. The Morgan fingerprint density at radius 1 is 1.21 bits per heavy atom. The first-order chi connectivity index (χ1) is 8.97. The van der Waals surface area contributed by atoms with Crippen molar-refractivity contribution in [1.82, 2.24) is 0 Å². The lowest BCUT2D eigenvalue weighted by atomic mass is 9.69. The Hall–Kier alpha value is -1.51. The van der Waals surface area contributed by atoms with Gasteiger partial charge in [0.15, 0.2) is 0 Å². The molecule has 3 nitrogen and oxygen atoms in total. The van der Waals surface area contributed by atoms with E-state index < -0.39 is 11.4 Å². The Balaban J connectivity index is 2.48. The highest BCUT2D eigenvalue weighted by Gasteiger charge is 2.41. The van der Waals surface area contributed by atoms with Gasteiger partial charge in [-0.05, 0) is 37.0 Å². The number of aliphatic carboxylic acids is 1. The minimum absolute atomic E-state index is 0.666. The molecule has 1 aromatic rings. The molecule has 3 heteroatoms. The summed E-state index contributed by atoms with van der Waals surface area (Å²) in [4.78, 5) is 13.9. The number of carboxylic acid groups (broad SMARTS) is 1. The van der Waals surface area contributed by atoms with E-state index in [9.17, 15) is 9.90 Å². The van der Waals surface area contributed by atoms with E-state index in [-0.39, 0.29) is 0 Å². The van der Waals surface area contributed by atoms with Crippen molar-refractivity contribution in [3.05, 3.63) is 29.3 Å². The molecule has 0 heterocycles. The van der Waals surface area contributed by atoms with Crippen LogP contribution in [0.15, 0.2) is 18.2 Å². The highest BCUT2D eigenvalue weighted by molar-refractivity contribution is 5.82. The van der Waals surface area contributed by atoms with Gasteiger partial charge in [-0.25, -0.2) is 0 Å². The third kappa shape index (κ3) is 2.46. The average Bonchev–Trinajstić information content (AvgIpc) is 2.39. The Morgan fingerprint density at radius 3 is 2.37 bits per heavy atom. The fourth-order valence-electron chi connectivity index (χ4n) is 3.17. The topological polar surface area (TPSA) is 40.5 Å². The Kier molecular flexibility index (Phi) is 3.83. The lowest BCUT2D eigenvalue weighted by Crippen LogP contribution is -2.38. The van der Waals surface area contributed by atoms with Gasteiger partial charge in [0.05, 0.1) is 5.41 Å². The summed E-state index contributed by atoms with van der Waals surface area (Å²) in [6.07, 6.45) is 4.70. The van der Waals surface area contributed by atoms with Gasteiger partial charge in [0.25, 0.3) is 0 Å². The van der Waals surface area contributed by atoms with Crippen molar-refractivity contribution in [2.24, 2.45) is 0 Å². The smallest absolute Gasteiger partial charge is 0.314 e. The molecule has 1 aliphatic carbocycles. The summed E-state index contributed by atoms with van der Waals surface area (Å²) in [5, 5.41) is 9.73. The van der Waals surface area contributed by atoms with Crippen LogP contribution in [0.2, 0.25) is 0 Å². The summed E-state index contributed by atoms with van der Waals surface area (Å²) in [6, 6.07) is 6.11. The average molecular weight is 261 g/mol. The van der Waals surface area contributed by atoms with Crippen molar-refractivity contribution in [2.45, 2.75) is 44.4 Å². The number of carboxylic acids is 1.